The van der Waals surface area contributed by atoms with Gasteiger partial charge in [0.2, 0.25) is 0 Å². The molecule has 0 saturated carbocycles. The third kappa shape index (κ3) is 4.07. The van der Waals surface area contributed by atoms with Crippen LogP contribution in [0, 0.1) is 0 Å². The number of anilines is 1. The molecule has 2 rings (SSSR count). The molecule has 21 heavy (non-hydrogen) atoms. The fourth-order valence-electron chi connectivity index (χ4n) is 1.44. The van der Waals surface area contributed by atoms with Gasteiger partial charge in [-0.3, -0.25) is 9.52 Å². The Bertz CT molecular complexity index is 789. The number of thiazole rings is 1. The van der Waals surface area contributed by atoms with E-state index in [2.05, 4.69) is 9.71 Å². The zero-order valence-corrected chi connectivity index (χ0v) is 13.4. The van der Waals surface area contributed by atoms with Gasteiger partial charge in [0, 0.05) is 16.1 Å². The lowest BCUT2D eigenvalue weighted by Gasteiger charge is -2.07. The largest absolute Gasteiger partial charge is 0.481 e. The Morgan fingerprint density at radius 3 is 2.76 bits per heavy atom. The molecule has 2 aromatic rings. The molecule has 1 aromatic heterocycles. The summed E-state index contributed by atoms with van der Waals surface area (Å²) < 4.78 is 26.6. The van der Waals surface area contributed by atoms with E-state index in [1.54, 1.807) is 0 Å². The maximum Gasteiger partial charge on any atom is 0.308 e. The van der Waals surface area contributed by atoms with Crippen LogP contribution in [0.5, 0.6) is 0 Å². The summed E-state index contributed by atoms with van der Waals surface area (Å²) >= 11 is 12.5. The second-order valence-corrected chi connectivity index (χ2v) is 7.49. The smallest absolute Gasteiger partial charge is 0.308 e. The average molecular weight is 367 g/mol. The summed E-state index contributed by atoms with van der Waals surface area (Å²) in [6.45, 7) is 0. The molecule has 0 spiro atoms. The zero-order chi connectivity index (χ0) is 15.6. The van der Waals surface area contributed by atoms with Crippen LogP contribution < -0.4 is 4.72 Å². The van der Waals surface area contributed by atoms with Gasteiger partial charge in [-0.15, -0.1) is 11.3 Å². The molecule has 1 aromatic carbocycles. The van der Waals surface area contributed by atoms with Crippen LogP contribution in [0.15, 0.2) is 29.3 Å². The SMILES string of the molecule is O=C(O)Cc1cnc(NS(=O)(=O)c2cc(Cl)ccc2Cl)s1. The Kier molecular flexibility index (Phi) is 4.72. The fourth-order valence-corrected chi connectivity index (χ4v) is 4.25. The molecule has 0 radical (unpaired) electrons. The monoisotopic (exact) mass is 366 g/mol. The van der Waals surface area contributed by atoms with E-state index in [1.807, 2.05) is 0 Å². The lowest BCUT2D eigenvalue weighted by atomic mass is 10.4. The number of sulfonamides is 1. The summed E-state index contributed by atoms with van der Waals surface area (Å²) in [7, 11) is -3.95. The predicted octanol–water partition coefficient (Wildman–Crippen LogP) is 2.88. The Hall–Kier alpha value is -1.35. The molecule has 2 N–H and O–H groups in total. The number of carboxylic acids is 1. The van der Waals surface area contributed by atoms with Crippen molar-refractivity contribution in [2.45, 2.75) is 11.3 Å². The molecule has 6 nitrogen and oxygen atoms in total. The number of rotatable bonds is 5. The number of hydrogen-bond donors (Lipinski definition) is 2. The Morgan fingerprint density at radius 1 is 1.38 bits per heavy atom. The Morgan fingerprint density at radius 2 is 2.10 bits per heavy atom. The zero-order valence-electron chi connectivity index (χ0n) is 10.2. The van der Waals surface area contributed by atoms with Gasteiger partial charge in [0.1, 0.15) is 4.90 Å². The minimum absolute atomic E-state index is 0.0224. The van der Waals surface area contributed by atoms with Gasteiger partial charge in [-0.1, -0.05) is 23.2 Å². The van der Waals surface area contributed by atoms with Crippen LogP contribution in [0.25, 0.3) is 0 Å². The van der Waals surface area contributed by atoms with Gasteiger partial charge in [0.15, 0.2) is 5.13 Å². The van der Waals surface area contributed by atoms with Crippen molar-refractivity contribution in [1.29, 1.82) is 0 Å². The van der Waals surface area contributed by atoms with Gasteiger partial charge >= 0.3 is 5.97 Å². The summed E-state index contributed by atoms with van der Waals surface area (Å²) in [5.74, 6) is -1.02. The molecule has 112 valence electrons. The molecule has 0 bridgehead atoms. The number of hydrogen-bond acceptors (Lipinski definition) is 5. The summed E-state index contributed by atoms with van der Waals surface area (Å²) in [5, 5.41) is 8.97. The van der Waals surface area contributed by atoms with Gasteiger partial charge in [0.05, 0.1) is 11.4 Å². The lowest BCUT2D eigenvalue weighted by molar-refractivity contribution is -0.136. The maximum atomic E-state index is 12.2. The molecule has 0 atom stereocenters. The second kappa shape index (κ2) is 6.18. The molecular weight excluding hydrogens is 359 g/mol. The molecule has 10 heteroatoms. The van der Waals surface area contributed by atoms with Crippen molar-refractivity contribution in [3.8, 4) is 0 Å². The van der Waals surface area contributed by atoms with E-state index < -0.39 is 16.0 Å². The van der Waals surface area contributed by atoms with Gasteiger partial charge < -0.3 is 5.11 Å². The fraction of sp³-hybridized carbons (Fsp3) is 0.0909. The third-order valence-electron chi connectivity index (χ3n) is 2.28. The Labute approximate surface area is 134 Å². The molecule has 1 heterocycles. The first kappa shape index (κ1) is 16.0. The highest BCUT2D eigenvalue weighted by molar-refractivity contribution is 7.93. The minimum Gasteiger partial charge on any atom is -0.481 e. The number of nitrogens with zero attached hydrogens (tertiary/aromatic N) is 1. The van der Waals surface area contributed by atoms with Crippen LogP contribution >= 0.6 is 34.5 Å². The van der Waals surface area contributed by atoms with Gasteiger partial charge in [-0.2, -0.15) is 0 Å². The van der Waals surface area contributed by atoms with Gasteiger partial charge in [-0.05, 0) is 18.2 Å². The quantitative estimate of drug-likeness (QED) is 0.847. The van der Waals surface area contributed by atoms with Crippen molar-refractivity contribution >= 4 is 55.7 Å². The highest BCUT2D eigenvalue weighted by Crippen LogP contribution is 2.28. The summed E-state index contributed by atoms with van der Waals surface area (Å²) in [6, 6.07) is 4.06. The van der Waals surface area contributed by atoms with E-state index >= 15 is 0 Å². The van der Waals surface area contributed by atoms with Crippen molar-refractivity contribution in [2.75, 3.05) is 4.72 Å². The number of aliphatic carboxylic acids is 1. The molecule has 0 unspecified atom stereocenters. The van der Waals surface area contributed by atoms with Crippen molar-refractivity contribution in [3.05, 3.63) is 39.3 Å². The summed E-state index contributed by atoms with van der Waals surface area (Å²) in [4.78, 5) is 14.6. The predicted molar refractivity (Wildman–Crippen MR) is 80.7 cm³/mol. The Balaban J connectivity index is 2.27. The van der Waals surface area contributed by atoms with Crippen LogP contribution in [0.4, 0.5) is 5.13 Å². The maximum absolute atomic E-state index is 12.2. The van der Waals surface area contributed by atoms with Gasteiger partial charge in [0.25, 0.3) is 10.0 Å². The van der Waals surface area contributed by atoms with Crippen LogP contribution in [-0.4, -0.2) is 24.5 Å². The van der Waals surface area contributed by atoms with E-state index in [-0.39, 0.29) is 26.5 Å². The summed E-state index contributed by atoms with van der Waals surface area (Å²) in [5.41, 5.74) is 0. The van der Waals surface area contributed by atoms with E-state index in [9.17, 15) is 13.2 Å². The first-order chi connectivity index (χ1) is 9.78. The molecule has 0 saturated heterocycles. The number of aromatic nitrogens is 1. The van der Waals surface area contributed by atoms with Crippen LogP contribution in [-0.2, 0) is 21.2 Å². The summed E-state index contributed by atoms with van der Waals surface area (Å²) in [6.07, 6.45) is 1.08. The molecule has 0 aliphatic rings. The van der Waals surface area contributed by atoms with Crippen LogP contribution in [0.2, 0.25) is 10.0 Å². The highest BCUT2D eigenvalue weighted by Gasteiger charge is 2.20. The third-order valence-corrected chi connectivity index (χ3v) is 5.38. The minimum atomic E-state index is -3.95. The van der Waals surface area contributed by atoms with E-state index in [0.29, 0.717) is 4.88 Å². The number of halogens is 2. The number of benzene rings is 1. The van der Waals surface area contributed by atoms with E-state index in [1.165, 1.54) is 24.4 Å². The number of carboxylic acid groups (broad SMARTS) is 1. The van der Waals surface area contributed by atoms with Crippen LogP contribution in [0.3, 0.4) is 0 Å². The molecular formula is C11H8Cl2N2O4S2. The molecule has 0 aliphatic heterocycles. The van der Waals surface area contributed by atoms with Crippen molar-refractivity contribution in [3.63, 3.8) is 0 Å². The second-order valence-electron chi connectivity index (χ2n) is 3.88. The average Bonchev–Trinajstić information content (AvgIpc) is 2.77. The lowest BCUT2D eigenvalue weighted by Crippen LogP contribution is -2.13. The number of carbonyl (C=O) groups is 1. The van der Waals surface area contributed by atoms with Gasteiger partial charge in [-0.25, -0.2) is 13.4 Å². The normalized spacial score (nSPS) is 11.3. The standard InChI is InChI=1S/C11H8Cl2N2O4S2/c12-6-1-2-8(13)9(3-6)21(18,19)15-11-14-5-7(20-11)4-10(16)17/h1-3,5H,4H2,(H,14,15)(H,16,17). The molecule has 0 aliphatic carbocycles. The van der Waals surface area contributed by atoms with Crippen molar-refractivity contribution < 1.29 is 18.3 Å². The first-order valence-corrected chi connectivity index (χ1v) is 8.48. The molecule has 0 amide bonds. The van der Waals surface area contributed by atoms with Crippen LogP contribution in [0.1, 0.15) is 4.88 Å². The van der Waals surface area contributed by atoms with E-state index in [4.69, 9.17) is 28.3 Å². The van der Waals surface area contributed by atoms with E-state index in [0.717, 1.165) is 11.3 Å². The highest BCUT2D eigenvalue weighted by atomic mass is 35.5. The number of nitrogens with one attached hydrogen (secondary N) is 1. The first-order valence-electron chi connectivity index (χ1n) is 5.42. The topological polar surface area (TPSA) is 96.4 Å². The molecule has 0 fully saturated rings. The van der Waals surface area contributed by atoms with Crippen molar-refractivity contribution in [1.82, 2.24) is 4.98 Å². The van der Waals surface area contributed by atoms with Crippen molar-refractivity contribution in [2.24, 2.45) is 0 Å².